The lowest BCUT2D eigenvalue weighted by Crippen LogP contribution is -2.04. The summed E-state index contributed by atoms with van der Waals surface area (Å²) in [5, 5.41) is 3.65. The minimum Gasteiger partial charge on any atom is -0.459 e. The molecule has 0 unspecified atom stereocenters. The summed E-state index contributed by atoms with van der Waals surface area (Å²) >= 11 is 1.37. The van der Waals surface area contributed by atoms with Gasteiger partial charge in [-0.2, -0.15) is 4.98 Å². The predicted molar refractivity (Wildman–Crippen MR) is 51.4 cm³/mol. The van der Waals surface area contributed by atoms with Crippen LogP contribution in [0.5, 0.6) is 0 Å². The molecule has 2 rings (SSSR count). The third-order valence-electron chi connectivity index (χ3n) is 1.53. The summed E-state index contributed by atoms with van der Waals surface area (Å²) in [5.74, 6) is -0.401. The SMILES string of the molecule is CCOC(=O)c1nc(-c2cncs2)no1. The van der Waals surface area contributed by atoms with Crippen LogP contribution in [0.3, 0.4) is 0 Å². The fraction of sp³-hybridized carbons (Fsp3) is 0.250. The number of aromatic nitrogens is 3. The highest BCUT2D eigenvalue weighted by Crippen LogP contribution is 2.19. The molecule has 0 saturated carbocycles. The molecule has 0 N–H and O–H groups in total. The number of carbonyl (C=O) groups excluding carboxylic acids is 1. The van der Waals surface area contributed by atoms with E-state index in [1.54, 1.807) is 18.6 Å². The molecule has 7 heteroatoms. The number of nitrogens with zero attached hydrogens (tertiary/aromatic N) is 3. The van der Waals surface area contributed by atoms with Gasteiger partial charge in [0.05, 0.1) is 17.0 Å². The van der Waals surface area contributed by atoms with E-state index in [1.807, 2.05) is 0 Å². The molecule has 2 aromatic heterocycles. The van der Waals surface area contributed by atoms with Crippen molar-refractivity contribution < 1.29 is 14.1 Å². The molecule has 0 aliphatic heterocycles. The largest absolute Gasteiger partial charge is 0.459 e. The van der Waals surface area contributed by atoms with E-state index in [-0.39, 0.29) is 12.5 Å². The van der Waals surface area contributed by atoms with Crippen molar-refractivity contribution in [2.75, 3.05) is 6.61 Å². The Morgan fingerprint density at radius 3 is 3.20 bits per heavy atom. The van der Waals surface area contributed by atoms with E-state index in [4.69, 9.17) is 9.26 Å². The summed E-state index contributed by atoms with van der Waals surface area (Å²) in [7, 11) is 0. The zero-order valence-corrected chi connectivity index (χ0v) is 8.65. The Kier molecular flexibility index (Phi) is 2.72. The second kappa shape index (κ2) is 4.18. The van der Waals surface area contributed by atoms with Crippen LogP contribution in [0, 0.1) is 0 Å². The van der Waals surface area contributed by atoms with Crippen molar-refractivity contribution in [1.82, 2.24) is 15.1 Å². The second-order valence-electron chi connectivity index (χ2n) is 2.51. The van der Waals surface area contributed by atoms with Crippen LogP contribution < -0.4 is 0 Å². The van der Waals surface area contributed by atoms with Crippen LogP contribution in [0.15, 0.2) is 16.2 Å². The lowest BCUT2D eigenvalue weighted by Gasteiger charge is -1.93. The van der Waals surface area contributed by atoms with Gasteiger partial charge in [0.2, 0.25) is 5.82 Å². The van der Waals surface area contributed by atoms with E-state index in [0.29, 0.717) is 5.82 Å². The average Bonchev–Trinajstić information content (AvgIpc) is 2.89. The van der Waals surface area contributed by atoms with Gasteiger partial charge in [-0.1, -0.05) is 5.16 Å². The zero-order chi connectivity index (χ0) is 10.7. The minimum atomic E-state index is -0.610. The summed E-state index contributed by atoms with van der Waals surface area (Å²) in [5.41, 5.74) is 1.65. The molecule has 78 valence electrons. The van der Waals surface area contributed by atoms with Crippen LogP contribution in [0.4, 0.5) is 0 Å². The number of carbonyl (C=O) groups is 1. The molecule has 0 saturated heterocycles. The fourth-order valence-corrected chi connectivity index (χ4v) is 1.47. The van der Waals surface area contributed by atoms with Gasteiger partial charge in [0.25, 0.3) is 0 Å². The molecule has 0 aromatic carbocycles. The summed E-state index contributed by atoms with van der Waals surface area (Å²) in [6.45, 7) is 1.98. The van der Waals surface area contributed by atoms with Gasteiger partial charge in [0.15, 0.2) is 0 Å². The Morgan fingerprint density at radius 1 is 1.67 bits per heavy atom. The first-order valence-electron chi connectivity index (χ1n) is 4.21. The number of ether oxygens (including phenoxy) is 1. The van der Waals surface area contributed by atoms with Gasteiger partial charge in [0, 0.05) is 6.20 Å². The molecule has 0 amide bonds. The van der Waals surface area contributed by atoms with Crippen LogP contribution >= 0.6 is 11.3 Å². The van der Waals surface area contributed by atoms with E-state index < -0.39 is 5.97 Å². The molecule has 0 atom stereocenters. The Balaban J connectivity index is 2.21. The van der Waals surface area contributed by atoms with E-state index >= 15 is 0 Å². The summed E-state index contributed by atoms with van der Waals surface area (Å²) in [6.07, 6.45) is 1.60. The standard InChI is InChI=1S/C8H7N3O3S/c1-2-13-8(12)7-10-6(11-14-7)5-3-9-4-15-5/h3-4H,2H2,1H3. The topological polar surface area (TPSA) is 78.1 Å². The van der Waals surface area contributed by atoms with E-state index in [1.165, 1.54) is 11.3 Å². The Labute approximate surface area is 88.9 Å². The summed E-state index contributed by atoms with van der Waals surface area (Å²) < 4.78 is 9.46. The second-order valence-corrected chi connectivity index (χ2v) is 3.40. The lowest BCUT2D eigenvalue weighted by atomic mass is 10.5. The summed E-state index contributed by atoms with van der Waals surface area (Å²) in [6, 6.07) is 0. The molecular weight excluding hydrogens is 218 g/mol. The van der Waals surface area contributed by atoms with Crippen LogP contribution in [-0.2, 0) is 4.74 Å². The van der Waals surface area contributed by atoms with E-state index in [9.17, 15) is 4.79 Å². The highest BCUT2D eigenvalue weighted by Gasteiger charge is 2.17. The molecule has 6 nitrogen and oxygen atoms in total. The molecule has 0 aliphatic carbocycles. The van der Waals surface area contributed by atoms with Gasteiger partial charge in [0.1, 0.15) is 0 Å². The highest BCUT2D eigenvalue weighted by atomic mass is 32.1. The van der Waals surface area contributed by atoms with Crippen molar-refractivity contribution in [3.05, 3.63) is 17.6 Å². The Bertz CT molecular complexity index is 451. The molecule has 0 fully saturated rings. The van der Waals surface area contributed by atoms with Crippen molar-refractivity contribution >= 4 is 17.3 Å². The van der Waals surface area contributed by atoms with Crippen LogP contribution in [-0.4, -0.2) is 27.7 Å². The molecular formula is C8H7N3O3S. The van der Waals surface area contributed by atoms with E-state index in [0.717, 1.165) is 4.88 Å². The van der Waals surface area contributed by atoms with Crippen molar-refractivity contribution in [1.29, 1.82) is 0 Å². The number of esters is 1. The smallest absolute Gasteiger partial charge is 0.397 e. The Hall–Kier alpha value is -1.76. The first kappa shape index (κ1) is 9.78. The zero-order valence-electron chi connectivity index (χ0n) is 7.84. The predicted octanol–water partition coefficient (Wildman–Crippen LogP) is 1.37. The van der Waals surface area contributed by atoms with Gasteiger partial charge >= 0.3 is 11.9 Å². The molecule has 2 aromatic rings. The monoisotopic (exact) mass is 225 g/mol. The molecule has 2 heterocycles. The van der Waals surface area contributed by atoms with Crippen molar-refractivity contribution in [3.8, 4) is 10.7 Å². The minimum absolute atomic E-state index is 0.139. The molecule has 0 aliphatic rings. The van der Waals surface area contributed by atoms with Gasteiger partial charge < -0.3 is 9.26 Å². The van der Waals surface area contributed by atoms with Crippen LogP contribution in [0.1, 0.15) is 17.6 Å². The van der Waals surface area contributed by atoms with Gasteiger partial charge in [-0.05, 0) is 6.92 Å². The maximum atomic E-state index is 11.2. The quantitative estimate of drug-likeness (QED) is 0.734. The third-order valence-corrected chi connectivity index (χ3v) is 2.30. The fourth-order valence-electron chi connectivity index (χ4n) is 0.926. The lowest BCUT2D eigenvalue weighted by molar-refractivity contribution is 0.0470. The van der Waals surface area contributed by atoms with Gasteiger partial charge in [-0.25, -0.2) is 4.79 Å². The highest BCUT2D eigenvalue weighted by molar-refractivity contribution is 7.13. The first-order valence-corrected chi connectivity index (χ1v) is 5.09. The molecule has 0 radical (unpaired) electrons. The van der Waals surface area contributed by atoms with Crippen molar-refractivity contribution in [2.45, 2.75) is 6.92 Å². The summed E-state index contributed by atoms with van der Waals surface area (Å²) in [4.78, 5) is 19.7. The molecule has 0 bridgehead atoms. The number of rotatable bonds is 3. The Morgan fingerprint density at radius 2 is 2.53 bits per heavy atom. The van der Waals surface area contributed by atoms with Crippen molar-refractivity contribution in [3.63, 3.8) is 0 Å². The first-order chi connectivity index (χ1) is 7.31. The van der Waals surface area contributed by atoms with Crippen molar-refractivity contribution in [2.24, 2.45) is 0 Å². The number of thiazole rings is 1. The third kappa shape index (κ3) is 2.01. The van der Waals surface area contributed by atoms with Crippen LogP contribution in [0.2, 0.25) is 0 Å². The molecule has 15 heavy (non-hydrogen) atoms. The van der Waals surface area contributed by atoms with Gasteiger partial charge in [-0.15, -0.1) is 11.3 Å². The van der Waals surface area contributed by atoms with Crippen LogP contribution in [0.25, 0.3) is 10.7 Å². The number of hydrogen-bond acceptors (Lipinski definition) is 7. The average molecular weight is 225 g/mol. The number of hydrogen-bond donors (Lipinski definition) is 0. The van der Waals surface area contributed by atoms with Gasteiger partial charge in [-0.3, -0.25) is 4.98 Å². The maximum absolute atomic E-state index is 11.2. The normalized spacial score (nSPS) is 10.2. The van der Waals surface area contributed by atoms with E-state index in [2.05, 4.69) is 15.1 Å². The molecule has 0 spiro atoms. The maximum Gasteiger partial charge on any atom is 0.397 e.